The zero-order valence-electron chi connectivity index (χ0n) is 22.4. The molecule has 212 valence electrons. The van der Waals surface area contributed by atoms with Crippen LogP contribution in [0.15, 0.2) is 47.3 Å². The fourth-order valence-corrected chi connectivity index (χ4v) is 6.29. The third kappa shape index (κ3) is 4.20. The number of aryl methyl sites for hydroxylation is 1. The van der Waals surface area contributed by atoms with Gasteiger partial charge < -0.3 is 25.3 Å². The molecule has 7 rings (SSSR count). The van der Waals surface area contributed by atoms with Gasteiger partial charge in [-0.2, -0.15) is 9.78 Å². The number of nitrogens with one attached hydrogen (secondary N) is 1. The minimum absolute atomic E-state index is 0.00797. The Morgan fingerprint density at radius 2 is 1.90 bits per heavy atom. The predicted octanol–water partition coefficient (Wildman–Crippen LogP) is 3.31. The monoisotopic (exact) mass is 561 g/mol. The lowest BCUT2D eigenvalue weighted by molar-refractivity contribution is 0.102. The van der Waals surface area contributed by atoms with Crippen LogP contribution >= 0.6 is 0 Å². The first-order chi connectivity index (χ1) is 19.8. The molecular formula is C29H29F2N7O3. The maximum absolute atomic E-state index is 14.4. The Labute approximate surface area is 233 Å². The third-order valence-electron chi connectivity index (χ3n) is 8.63. The Bertz CT molecular complexity index is 1740. The van der Waals surface area contributed by atoms with E-state index in [1.165, 1.54) is 12.1 Å². The lowest BCUT2D eigenvalue weighted by Gasteiger charge is -2.23. The van der Waals surface area contributed by atoms with E-state index in [4.69, 9.17) is 15.5 Å². The summed E-state index contributed by atoms with van der Waals surface area (Å²) in [5.41, 5.74) is 8.00. The summed E-state index contributed by atoms with van der Waals surface area (Å²) in [6.07, 6.45) is 3.02. The fourth-order valence-electron chi connectivity index (χ4n) is 6.29. The number of anilines is 2. The van der Waals surface area contributed by atoms with Crippen LogP contribution in [0.1, 0.15) is 41.6 Å². The van der Waals surface area contributed by atoms with Crippen LogP contribution in [0.3, 0.4) is 0 Å². The third-order valence-corrected chi connectivity index (χ3v) is 8.63. The number of nitrogens with two attached hydrogens (primary N) is 1. The molecule has 2 atom stereocenters. The van der Waals surface area contributed by atoms with Crippen LogP contribution in [-0.4, -0.2) is 57.6 Å². The van der Waals surface area contributed by atoms with Gasteiger partial charge in [0, 0.05) is 37.2 Å². The minimum Gasteiger partial charge on any atom is -0.379 e. The zero-order chi connectivity index (χ0) is 28.5. The lowest BCUT2D eigenvalue weighted by Crippen LogP contribution is -2.30. The van der Waals surface area contributed by atoms with Crippen LogP contribution in [-0.2, 0) is 4.74 Å². The topological polar surface area (TPSA) is 120 Å². The molecule has 3 aliphatic rings. The van der Waals surface area contributed by atoms with E-state index in [0.717, 1.165) is 66.6 Å². The number of hydrogen-bond donors (Lipinski definition) is 2. The zero-order valence-corrected chi connectivity index (χ0v) is 22.4. The second-order valence-corrected chi connectivity index (χ2v) is 11.2. The quantitative estimate of drug-likeness (QED) is 0.384. The first-order valence-electron chi connectivity index (χ1n) is 13.7. The number of nitrogens with zero attached hydrogens (tertiary/aromatic N) is 5. The van der Waals surface area contributed by atoms with Gasteiger partial charge in [-0.25, -0.2) is 13.8 Å². The second kappa shape index (κ2) is 9.45. The fraction of sp³-hybridized carbons (Fsp3) is 0.379. The first kappa shape index (κ1) is 25.8. The van der Waals surface area contributed by atoms with Crippen molar-refractivity contribution in [1.82, 2.24) is 19.3 Å². The summed E-state index contributed by atoms with van der Waals surface area (Å²) in [6, 6.07) is 9.46. The summed E-state index contributed by atoms with van der Waals surface area (Å²) in [4.78, 5) is 33.1. The average molecular weight is 562 g/mol. The summed E-state index contributed by atoms with van der Waals surface area (Å²) in [6.45, 7) is 4.65. The van der Waals surface area contributed by atoms with Gasteiger partial charge in [-0.3, -0.25) is 9.59 Å². The largest absolute Gasteiger partial charge is 0.379 e. The Balaban J connectivity index is 1.30. The number of carbonyl (C=O) groups excluding carboxylic acids is 1. The van der Waals surface area contributed by atoms with E-state index in [0.29, 0.717) is 30.1 Å². The maximum atomic E-state index is 14.4. The Kier molecular flexibility index (Phi) is 5.94. The number of para-hydroxylation sites is 1. The van der Waals surface area contributed by atoms with Gasteiger partial charge in [0.1, 0.15) is 22.7 Å². The molecule has 12 heteroatoms. The number of halogens is 2. The van der Waals surface area contributed by atoms with E-state index in [2.05, 4.69) is 19.9 Å². The predicted molar refractivity (Wildman–Crippen MR) is 149 cm³/mol. The highest BCUT2D eigenvalue weighted by molar-refractivity contribution is 6.08. The van der Waals surface area contributed by atoms with Crippen molar-refractivity contribution < 1.29 is 18.3 Å². The van der Waals surface area contributed by atoms with Gasteiger partial charge in [-0.15, -0.1) is 0 Å². The van der Waals surface area contributed by atoms with Gasteiger partial charge in [-0.1, -0.05) is 6.07 Å². The number of imidazole rings is 1. The summed E-state index contributed by atoms with van der Waals surface area (Å²) in [5, 5.41) is 6.93. The molecule has 2 aliphatic heterocycles. The Morgan fingerprint density at radius 3 is 2.59 bits per heavy atom. The Hall–Kier alpha value is -4.16. The van der Waals surface area contributed by atoms with E-state index in [9.17, 15) is 18.4 Å². The van der Waals surface area contributed by atoms with E-state index >= 15 is 0 Å². The number of amides is 1. The summed E-state index contributed by atoms with van der Waals surface area (Å²) >= 11 is 0. The molecule has 3 N–H and O–H groups in total. The van der Waals surface area contributed by atoms with Crippen LogP contribution < -0.4 is 21.5 Å². The first-order valence-corrected chi connectivity index (χ1v) is 13.7. The maximum Gasteiger partial charge on any atom is 0.276 e. The van der Waals surface area contributed by atoms with Gasteiger partial charge in [-0.05, 0) is 56.5 Å². The van der Waals surface area contributed by atoms with Crippen LogP contribution in [0.4, 0.5) is 20.2 Å². The molecule has 1 amide bonds. The molecule has 3 fully saturated rings. The highest BCUT2D eigenvalue weighted by Crippen LogP contribution is 2.54. The molecule has 4 aromatic rings. The molecule has 2 saturated heterocycles. The number of aromatic nitrogens is 4. The summed E-state index contributed by atoms with van der Waals surface area (Å²) < 4.78 is 37.3. The summed E-state index contributed by atoms with van der Waals surface area (Å²) in [7, 11) is 0. The molecule has 4 heterocycles. The summed E-state index contributed by atoms with van der Waals surface area (Å²) in [5.74, 6) is -1.72. The van der Waals surface area contributed by atoms with E-state index in [1.807, 2.05) is 19.1 Å². The van der Waals surface area contributed by atoms with Gasteiger partial charge >= 0.3 is 0 Å². The number of benzene rings is 2. The molecule has 0 radical (unpaired) electrons. The van der Waals surface area contributed by atoms with Gasteiger partial charge in [0.25, 0.3) is 11.5 Å². The number of ether oxygens (including phenoxy) is 1. The molecule has 2 aromatic heterocycles. The highest BCUT2D eigenvalue weighted by atomic mass is 19.1. The van der Waals surface area contributed by atoms with E-state index in [-0.39, 0.29) is 23.2 Å². The molecule has 0 bridgehead atoms. The van der Waals surface area contributed by atoms with Crippen molar-refractivity contribution in [3.8, 4) is 5.69 Å². The van der Waals surface area contributed by atoms with Gasteiger partial charge in [0.05, 0.1) is 29.5 Å². The minimum atomic E-state index is -0.970. The molecule has 1 saturated carbocycles. The van der Waals surface area contributed by atoms with E-state index in [1.54, 1.807) is 0 Å². The van der Waals surface area contributed by atoms with Gasteiger partial charge in [0.2, 0.25) is 0 Å². The van der Waals surface area contributed by atoms with Crippen LogP contribution in [0.5, 0.6) is 0 Å². The lowest BCUT2D eigenvalue weighted by atomic mass is 10.0. The molecule has 41 heavy (non-hydrogen) atoms. The standard InChI is InChI=1S/C29H29F2N7O3/c1-16-33-25-22(37(16)17-9-12-41-14-17)7-5-20(27(25)36-13-23(32)29(15-36)10-11-29)34-28(40)21-6-8-24(39)38(35-21)26-18(30)3-2-4-19(26)31/h2-8,17,23H,9-15,32H2,1H3,(H,34,40)/t17-,23-/m0/s1. The number of carbonyl (C=O) groups is 1. The highest BCUT2D eigenvalue weighted by Gasteiger charge is 2.54. The second-order valence-electron chi connectivity index (χ2n) is 11.2. The average Bonchev–Trinajstić information content (AvgIpc) is 3.23. The number of hydrogen-bond acceptors (Lipinski definition) is 7. The van der Waals surface area contributed by atoms with Crippen LogP contribution in [0.25, 0.3) is 16.7 Å². The van der Waals surface area contributed by atoms with Crippen molar-refractivity contribution in [3.05, 3.63) is 76.0 Å². The van der Waals surface area contributed by atoms with Crippen molar-refractivity contribution >= 4 is 28.3 Å². The Morgan fingerprint density at radius 1 is 1.12 bits per heavy atom. The molecular weight excluding hydrogens is 532 g/mol. The van der Waals surface area contributed by atoms with Crippen molar-refractivity contribution in [2.24, 2.45) is 11.1 Å². The van der Waals surface area contributed by atoms with Crippen LogP contribution in [0, 0.1) is 24.0 Å². The smallest absolute Gasteiger partial charge is 0.276 e. The van der Waals surface area contributed by atoms with Gasteiger partial charge in [0.15, 0.2) is 11.6 Å². The molecule has 1 aliphatic carbocycles. The molecule has 10 nitrogen and oxygen atoms in total. The normalized spacial score (nSPS) is 21.2. The van der Waals surface area contributed by atoms with E-state index < -0.39 is 28.8 Å². The van der Waals surface area contributed by atoms with Crippen molar-refractivity contribution in [1.29, 1.82) is 0 Å². The van der Waals surface area contributed by atoms with Crippen LogP contribution in [0.2, 0.25) is 0 Å². The van der Waals surface area contributed by atoms with Crippen molar-refractivity contribution in [3.63, 3.8) is 0 Å². The number of rotatable bonds is 5. The van der Waals surface area contributed by atoms with Crippen molar-refractivity contribution in [2.75, 3.05) is 36.5 Å². The SMILES string of the molecule is Cc1nc2c(N3C[C@H](N)C4(CC4)C3)c(NC(=O)c3ccc(=O)n(-c4c(F)cccc4F)n3)ccc2n1[C@H]1CCOC1. The molecule has 1 spiro atoms. The molecule has 2 aromatic carbocycles. The molecule has 0 unspecified atom stereocenters. The number of fused-ring (bicyclic) bond motifs is 1. The van der Waals surface area contributed by atoms with Crippen molar-refractivity contribution in [2.45, 2.75) is 38.3 Å².